The van der Waals surface area contributed by atoms with Gasteiger partial charge >= 0.3 is 88.0 Å². The van der Waals surface area contributed by atoms with Crippen LogP contribution in [0.3, 0.4) is 0 Å². The van der Waals surface area contributed by atoms with E-state index in [1.807, 2.05) is 0 Å². The summed E-state index contributed by atoms with van der Waals surface area (Å²) in [4.78, 5) is 0. The molecule has 40 heavy (non-hydrogen) atoms. The van der Waals surface area contributed by atoms with Gasteiger partial charge in [-0.2, -0.15) is 96.6 Å². The molecule has 0 rings (SSSR count). The van der Waals surface area contributed by atoms with Gasteiger partial charge in [-0.15, -0.1) is 0 Å². The summed E-state index contributed by atoms with van der Waals surface area (Å²) in [5.41, 5.74) is 0. The number of alkyl halides is 22. The molecule has 0 atom stereocenters. The van der Waals surface area contributed by atoms with Crippen molar-refractivity contribution in [3.63, 3.8) is 0 Å². The van der Waals surface area contributed by atoms with Crippen LogP contribution in [0.5, 0.6) is 0 Å². The minimum atomic E-state index is -9.21. The van der Waals surface area contributed by atoms with Crippen molar-refractivity contribution < 1.29 is 143 Å². The summed E-state index contributed by atoms with van der Waals surface area (Å²) in [6.45, 7) is 0. The summed E-state index contributed by atoms with van der Waals surface area (Å²) < 4.78 is 325. The molecule has 0 bridgehead atoms. The van der Waals surface area contributed by atoms with Crippen LogP contribution in [-0.4, -0.2) is 75.2 Å². The van der Waals surface area contributed by atoms with Crippen LogP contribution >= 0.6 is 0 Å². The summed E-state index contributed by atoms with van der Waals surface area (Å²) in [7, 11) is -18.4. The van der Waals surface area contributed by atoms with Crippen LogP contribution in [0.15, 0.2) is 0 Å². The molecule has 0 aliphatic carbocycles. The SMILES string of the molecule is O=S(=O)([N-]S(=O)(=O)C(F)(F)C(F)(F)C(F)(F)C(F)(F)C(F)(F)F)C(F)(F)C(F)(F)C(F)(F)C(F)(F)C(F)(F)F.[Na+]. The second kappa shape index (κ2) is 10.2. The first-order valence-corrected chi connectivity index (χ1v) is 10.5. The van der Waals surface area contributed by atoms with Gasteiger partial charge in [0.15, 0.2) is 20.0 Å². The molecule has 0 saturated carbocycles. The van der Waals surface area contributed by atoms with E-state index in [0.29, 0.717) is 0 Å². The Morgan fingerprint density at radius 1 is 0.325 bits per heavy atom. The van der Waals surface area contributed by atoms with Crippen molar-refractivity contribution in [3.8, 4) is 0 Å². The quantitative estimate of drug-likeness (QED) is 0.259. The van der Waals surface area contributed by atoms with Gasteiger partial charge in [0.2, 0.25) is 0 Å². The Kier molecular flexibility index (Phi) is 10.6. The zero-order valence-electron chi connectivity index (χ0n) is 17.2. The maximum atomic E-state index is 13.5. The smallest absolute Gasteiger partial charge is 0.425 e. The van der Waals surface area contributed by atoms with Gasteiger partial charge in [0.05, 0.1) is 0 Å². The number of rotatable bonds is 10. The molecule has 0 heterocycles. The van der Waals surface area contributed by atoms with Crippen molar-refractivity contribution in [1.29, 1.82) is 0 Å². The van der Waals surface area contributed by atoms with Gasteiger partial charge in [-0.3, -0.25) is 0 Å². The van der Waals surface area contributed by atoms with E-state index in [-0.39, 0.29) is 33.7 Å². The molecule has 0 unspecified atom stereocenters. The molecular formula is C10F22NNaO4S2. The summed E-state index contributed by atoms with van der Waals surface area (Å²) in [5, 5.41) is -17.3. The molecule has 5 nitrogen and oxygen atoms in total. The fourth-order valence-electron chi connectivity index (χ4n) is 1.66. The van der Waals surface area contributed by atoms with E-state index in [1.165, 1.54) is 0 Å². The van der Waals surface area contributed by atoms with Crippen LogP contribution in [0.4, 0.5) is 96.6 Å². The van der Waals surface area contributed by atoms with Gasteiger partial charge in [-0.1, -0.05) is 0 Å². The molecule has 0 aliphatic heterocycles. The average Bonchev–Trinajstić information content (AvgIpc) is 2.63. The Hall–Kier alpha value is -0.680. The van der Waals surface area contributed by atoms with Crippen molar-refractivity contribution in [2.45, 2.75) is 58.4 Å². The first-order chi connectivity index (χ1) is 16.2. The molecule has 0 aliphatic rings. The molecule has 0 N–H and O–H groups in total. The zero-order chi connectivity index (χ0) is 32.7. The third-order valence-electron chi connectivity index (χ3n) is 3.86. The third kappa shape index (κ3) is 5.42. The minimum Gasteiger partial charge on any atom is -0.425 e. The number of nitrogens with zero attached hydrogens (tertiary/aromatic N) is 1. The van der Waals surface area contributed by atoms with Gasteiger partial charge in [-0.25, -0.2) is 16.8 Å². The second-order valence-electron chi connectivity index (χ2n) is 6.50. The predicted octanol–water partition coefficient (Wildman–Crippen LogP) is 3.15. The third-order valence-corrected chi connectivity index (χ3v) is 7.24. The average molecular weight is 703 g/mol. The van der Waals surface area contributed by atoms with Crippen molar-refractivity contribution >= 4 is 20.0 Å². The molecule has 0 saturated heterocycles. The van der Waals surface area contributed by atoms with Crippen molar-refractivity contribution in [1.82, 2.24) is 0 Å². The predicted molar refractivity (Wildman–Crippen MR) is 72.9 cm³/mol. The number of hydrogen-bond donors (Lipinski definition) is 0. The molecule has 30 heteroatoms. The summed E-state index contributed by atoms with van der Waals surface area (Å²) >= 11 is 0. The molecule has 0 aromatic rings. The Bertz CT molecular complexity index is 1060. The first kappa shape index (κ1) is 41.5. The Balaban J connectivity index is 0. The normalized spacial score (nSPS) is 16.6. The van der Waals surface area contributed by atoms with Crippen molar-refractivity contribution in [3.05, 3.63) is 4.13 Å². The van der Waals surface area contributed by atoms with E-state index < -0.39 is 78.4 Å². The van der Waals surface area contributed by atoms with Gasteiger partial charge < -0.3 is 4.13 Å². The van der Waals surface area contributed by atoms with Crippen LogP contribution < -0.4 is 29.6 Å². The van der Waals surface area contributed by atoms with Crippen molar-refractivity contribution in [2.75, 3.05) is 0 Å². The van der Waals surface area contributed by atoms with Gasteiger partial charge in [-0.05, 0) is 0 Å². The second-order valence-corrected chi connectivity index (χ2v) is 10.0. The molecular weight excluding hydrogens is 703 g/mol. The van der Waals surface area contributed by atoms with E-state index in [9.17, 15) is 113 Å². The van der Waals surface area contributed by atoms with Crippen LogP contribution in [0, 0.1) is 0 Å². The van der Waals surface area contributed by atoms with Gasteiger partial charge in [0, 0.05) is 0 Å². The first-order valence-electron chi connectivity index (χ1n) is 7.60. The number of sulfonamides is 2. The number of hydrogen-bond acceptors (Lipinski definition) is 4. The zero-order valence-corrected chi connectivity index (χ0v) is 20.8. The molecule has 0 spiro atoms. The Morgan fingerprint density at radius 2 is 0.500 bits per heavy atom. The fraction of sp³-hybridized carbons (Fsp3) is 1.00. The monoisotopic (exact) mass is 703 g/mol. The standard InChI is InChI=1S/C10F22NO4S2.Na/c11-1(12,3(15,16)7(23,24)25)5(19,20)9(29,30)38(34,35)33-39(36,37)10(31,32)6(21,22)2(13,14)4(17,18)8(26,27)28;/q-1;+1. The summed E-state index contributed by atoms with van der Waals surface area (Å²) in [5.74, 6) is -52.0. The molecule has 0 aromatic carbocycles. The van der Waals surface area contributed by atoms with Crippen LogP contribution in [0.1, 0.15) is 0 Å². The van der Waals surface area contributed by atoms with Gasteiger partial charge in [0.1, 0.15) is 0 Å². The van der Waals surface area contributed by atoms with E-state index in [4.69, 9.17) is 0 Å². The summed E-state index contributed by atoms with van der Waals surface area (Å²) in [6, 6.07) is 0. The Labute approximate surface area is 225 Å². The van der Waals surface area contributed by atoms with Crippen molar-refractivity contribution in [2.24, 2.45) is 0 Å². The maximum Gasteiger partial charge on any atom is 1.00 e. The maximum absolute atomic E-state index is 13.5. The molecule has 0 fully saturated rings. The fourth-order valence-corrected chi connectivity index (χ4v) is 4.35. The Morgan fingerprint density at radius 3 is 0.650 bits per heavy atom. The summed E-state index contributed by atoms with van der Waals surface area (Å²) in [6.07, 6.45) is -16.0. The van der Waals surface area contributed by atoms with E-state index in [1.54, 1.807) is 0 Å². The van der Waals surface area contributed by atoms with E-state index in [2.05, 4.69) is 0 Å². The van der Waals surface area contributed by atoms with Crippen LogP contribution in [0.25, 0.3) is 4.13 Å². The number of halogens is 22. The van der Waals surface area contributed by atoms with Gasteiger partial charge in [0.25, 0.3) is 0 Å². The molecule has 0 radical (unpaired) electrons. The largest absolute Gasteiger partial charge is 1.00 e. The van der Waals surface area contributed by atoms with E-state index in [0.717, 1.165) is 0 Å². The van der Waals surface area contributed by atoms with E-state index >= 15 is 0 Å². The molecule has 236 valence electrons. The molecule has 0 aromatic heterocycles. The molecule has 0 amide bonds. The topological polar surface area (TPSA) is 82.4 Å². The van der Waals surface area contributed by atoms with Crippen LogP contribution in [0.2, 0.25) is 0 Å². The van der Waals surface area contributed by atoms with Crippen LogP contribution in [-0.2, 0) is 20.0 Å². The minimum absolute atomic E-state index is 0.